The SMILES string of the molecule is CSCCN(C)C(=O)c1ccc(C#CCCO)s1. The van der Waals surface area contributed by atoms with Crippen molar-refractivity contribution in [2.45, 2.75) is 6.42 Å². The first kappa shape index (κ1) is 15.1. The third kappa shape index (κ3) is 4.73. The van der Waals surface area contributed by atoms with Crippen LogP contribution in [0.2, 0.25) is 0 Å². The van der Waals surface area contributed by atoms with Crippen LogP contribution in [0.15, 0.2) is 12.1 Å². The molecule has 0 aliphatic carbocycles. The molecule has 18 heavy (non-hydrogen) atoms. The van der Waals surface area contributed by atoms with Gasteiger partial charge in [-0.05, 0) is 18.4 Å². The maximum absolute atomic E-state index is 12.0. The fourth-order valence-corrected chi connectivity index (χ4v) is 2.58. The summed E-state index contributed by atoms with van der Waals surface area (Å²) < 4.78 is 0. The minimum atomic E-state index is 0.0456. The van der Waals surface area contributed by atoms with Gasteiger partial charge in [0.1, 0.15) is 0 Å². The lowest BCUT2D eigenvalue weighted by Crippen LogP contribution is -2.28. The fourth-order valence-electron chi connectivity index (χ4n) is 1.24. The number of carbonyl (C=O) groups excluding carboxylic acids is 1. The van der Waals surface area contributed by atoms with E-state index >= 15 is 0 Å². The highest BCUT2D eigenvalue weighted by Crippen LogP contribution is 2.17. The quantitative estimate of drug-likeness (QED) is 0.839. The maximum Gasteiger partial charge on any atom is 0.263 e. The van der Waals surface area contributed by atoms with Crippen molar-refractivity contribution in [2.24, 2.45) is 0 Å². The molecule has 3 nitrogen and oxygen atoms in total. The number of aliphatic hydroxyl groups excluding tert-OH is 1. The Hall–Kier alpha value is -0.960. The lowest BCUT2D eigenvalue weighted by Gasteiger charge is -2.14. The van der Waals surface area contributed by atoms with Crippen LogP contribution in [0.4, 0.5) is 0 Å². The van der Waals surface area contributed by atoms with Crippen LogP contribution in [0.25, 0.3) is 0 Å². The lowest BCUT2D eigenvalue weighted by molar-refractivity contribution is 0.0808. The average molecular weight is 283 g/mol. The molecule has 1 heterocycles. The van der Waals surface area contributed by atoms with E-state index in [1.165, 1.54) is 11.3 Å². The Morgan fingerprint density at radius 1 is 1.56 bits per heavy atom. The first-order valence-electron chi connectivity index (χ1n) is 5.63. The Morgan fingerprint density at radius 2 is 2.33 bits per heavy atom. The van der Waals surface area contributed by atoms with Crippen LogP contribution < -0.4 is 0 Å². The van der Waals surface area contributed by atoms with Gasteiger partial charge in [0, 0.05) is 25.8 Å². The van der Waals surface area contributed by atoms with Crippen LogP contribution in [0, 0.1) is 11.8 Å². The zero-order chi connectivity index (χ0) is 13.4. The predicted molar refractivity (Wildman–Crippen MR) is 78.2 cm³/mol. The number of nitrogens with zero attached hydrogens (tertiary/aromatic N) is 1. The third-order valence-electron chi connectivity index (χ3n) is 2.24. The van der Waals surface area contributed by atoms with Crippen molar-refractivity contribution < 1.29 is 9.90 Å². The number of carbonyl (C=O) groups is 1. The summed E-state index contributed by atoms with van der Waals surface area (Å²) in [7, 11) is 1.81. The molecule has 1 rings (SSSR count). The summed E-state index contributed by atoms with van der Waals surface area (Å²) in [5.41, 5.74) is 0. The van der Waals surface area contributed by atoms with E-state index in [1.54, 1.807) is 16.7 Å². The zero-order valence-electron chi connectivity index (χ0n) is 10.6. The smallest absolute Gasteiger partial charge is 0.263 e. The summed E-state index contributed by atoms with van der Waals surface area (Å²) in [6, 6.07) is 3.66. The molecular weight excluding hydrogens is 266 g/mol. The molecule has 1 N–H and O–H groups in total. The van der Waals surface area contributed by atoms with E-state index in [4.69, 9.17) is 5.11 Å². The Bertz CT molecular complexity index is 445. The van der Waals surface area contributed by atoms with Crippen molar-refractivity contribution in [2.75, 3.05) is 32.2 Å². The van der Waals surface area contributed by atoms with E-state index in [9.17, 15) is 4.79 Å². The van der Waals surface area contributed by atoms with E-state index in [-0.39, 0.29) is 12.5 Å². The van der Waals surface area contributed by atoms with Crippen LogP contribution in [-0.4, -0.2) is 48.1 Å². The molecule has 0 atom stereocenters. The summed E-state index contributed by atoms with van der Waals surface area (Å²) in [6.07, 6.45) is 2.49. The molecule has 0 unspecified atom stereocenters. The second kappa shape index (κ2) is 8.20. The molecule has 0 aliphatic heterocycles. The third-order valence-corrected chi connectivity index (χ3v) is 3.82. The molecule has 0 aromatic carbocycles. The molecule has 1 aromatic heterocycles. The normalized spacial score (nSPS) is 9.72. The van der Waals surface area contributed by atoms with E-state index in [2.05, 4.69) is 11.8 Å². The molecule has 1 amide bonds. The van der Waals surface area contributed by atoms with Crippen molar-refractivity contribution in [1.29, 1.82) is 0 Å². The van der Waals surface area contributed by atoms with Gasteiger partial charge in [-0.1, -0.05) is 11.8 Å². The predicted octanol–water partition coefficient (Wildman–Crippen LogP) is 1.92. The summed E-state index contributed by atoms with van der Waals surface area (Å²) in [5, 5.41) is 8.63. The van der Waals surface area contributed by atoms with Gasteiger partial charge >= 0.3 is 0 Å². The highest BCUT2D eigenvalue weighted by atomic mass is 32.2. The van der Waals surface area contributed by atoms with Crippen molar-refractivity contribution in [3.8, 4) is 11.8 Å². The molecule has 0 saturated carbocycles. The Kier molecular flexibility index (Phi) is 6.88. The number of thioether (sulfide) groups is 1. The molecule has 0 radical (unpaired) electrons. The Morgan fingerprint density at radius 3 is 3.00 bits per heavy atom. The van der Waals surface area contributed by atoms with E-state index in [0.717, 1.165) is 17.2 Å². The van der Waals surface area contributed by atoms with Crippen molar-refractivity contribution in [1.82, 2.24) is 4.90 Å². The zero-order valence-corrected chi connectivity index (χ0v) is 12.2. The molecule has 0 bridgehead atoms. The van der Waals surface area contributed by atoms with Gasteiger partial charge in [-0.25, -0.2) is 0 Å². The summed E-state index contributed by atoms with van der Waals surface area (Å²) in [6.45, 7) is 0.824. The van der Waals surface area contributed by atoms with Gasteiger partial charge in [0.05, 0.1) is 16.4 Å². The van der Waals surface area contributed by atoms with Gasteiger partial charge in [0.15, 0.2) is 0 Å². The second-order valence-electron chi connectivity index (χ2n) is 3.66. The minimum absolute atomic E-state index is 0.0456. The molecule has 5 heteroatoms. The van der Waals surface area contributed by atoms with Gasteiger partial charge in [0.2, 0.25) is 0 Å². The standard InChI is InChI=1S/C13H17NO2S2/c1-14(8-10-17-2)13(16)12-7-6-11(18-12)5-3-4-9-15/h6-7,15H,4,8-10H2,1-2H3. The highest BCUT2D eigenvalue weighted by molar-refractivity contribution is 7.98. The lowest BCUT2D eigenvalue weighted by atomic mass is 10.3. The number of aliphatic hydroxyl groups is 1. The van der Waals surface area contributed by atoms with E-state index in [1.807, 2.05) is 25.4 Å². The number of thiophene rings is 1. The number of hydrogen-bond donors (Lipinski definition) is 1. The van der Waals surface area contributed by atoms with E-state index in [0.29, 0.717) is 11.3 Å². The maximum atomic E-state index is 12.0. The van der Waals surface area contributed by atoms with Crippen LogP contribution in [-0.2, 0) is 0 Å². The summed E-state index contributed by atoms with van der Waals surface area (Å²) >= 11 is 3.12. The average Bonchev–Trinajstić information content (AvgIpc) is 2.84. The molecule has 0 saturated heterocycles. The van der Waals surface area contributed by atoms with Crippen LogP contribution in [0.1, 0.15) is 21.0 Å². The molecule has 0 aliphatic rings. The van der Waals surface area contributed by atoms with Gasteiger partial charge in [-0.3, -0.25) is 4.79 Å². The summed E-state index contributed by atoms with van der Waals surface area (Å²) in [5.74, 6) is 6.77. The molecular formula is C13H17NO2S2. The van der Waals surface area contributed by atoms with Gasteiger partial charge in [-0.2, -0.15) is 11.8 Å². The molecule has 0 fully saturated rings. The minimum Gasteiger partial charge on any atom is -0.395 e. The Balaban J connectivity index is 2.62. The topological polar surface area (TPSA) is 40.5 Å². The van der Waals surface area contributed by atoms with Crippen LogP contribution in [0.3, 0.4) is 0 Å². The van der Waals surface area contributed by atoms with Gasteiger partial charge < -0.3 is 10.0 Å². The van der Waals surface area contributed by atoms with Crippen molar-refractivity contribution >= 4 is 29.0 Å². The number of rotatable bonds is 5. The first-order chi connectivity index (χ1) is 8.69. The largest absolute Gasteiger partial charge is 0.395 e. The molecule has 98 valence electrons. The van der Waals surface area contributed by atoms with Gasteiger partial charge in [-0.15, -0.1) is 11.3 Å². The summed E-state index contributed by atoms with van der Waals surface area (Å²) in [4.78, 5) is 15.3. The van der Waals surface area contributed by atoms with Crippen LogP contribution in [0.5, 0.6) is 0 Å². The first-order valence-corrected chi connectivity index (χ1v) is 7.84. The fraction of sp³-hybridized carbons (Fsp3) is 0.462. The molecule has 0 spiro atoms. The second-order valence-corrected chi connectivity index (χ2v) is 5.73. The Labute approximate surface area is 116 Å². The monoisotopic (exact) mass is 283 g/mol. The molecule has 1 aromatic rings. The number of hydrogen-bond acceptors (Lipinski definition) is 4. The number of amides is 1. The van der Waals surface area contributed by atoms with E-state index < -0.39 is 0 Å². The van der Waals surface area contributed by atoms with Crippen molar-refractivity contribution in [3.63, 3.8) is 0 Å². The highest BCUT2D eigenvalue weighted by Gasteiger charge is 2.13. The van der Waals surface area contributed by atoms with Gasteiger partial charge in [0.25, 0.3) is 5.91 Å². The van der Waals surface area contributed by atoms with Crippen molar-refractivity contribution in [3.05, 3.63) is 21.9 Å². The van der Waals surface area contributed by atoms with Crippen LogP contribution >= 0.6 is 23.1 Å².